The van der Waals surface area contributed by atoms with Gasteiger partial charge < -0.3 is 0 Å². The summed E-state index contributed by atoms with van der Waals surface area (Å²) in [5, 5.41) is 8.72. The van der Waals surface area contributed by atoms with Crippen molar-refractivity contribution in [1.82, 2.24) is 10.2 Å². The lowest BCUT2D eigenvalue weighted by Crippen LogP contribution is -2.14. The Morgan fingerprint density at radius 3 is 2.27 bits per heavy atom. The predicted molar refractivity (Wildman–Crippen MR) is 124 cm³/mol. The van der Waals surface area contributed by atoms with Crippen molar-refractivity contribution in [3.63, 3.8) is 0 Å². The minimum Gasteiger partial charge on any atom is -0.207 e. The number of hydrogen-bond donors (Lipinski definition) is 0. The van der Waals surface area contributed by atoms with Crippen LogP contribution in [0.5, 0.6) is 0 Å². The van der Waals surface area contributed by atoms with Crippen LogP contribution in [0.4, 0.5) is 4.39 Å². The third-order valence-electron chi connectivity index (χ3n) is 6.97. The van der Waals surface area contributed by atoms with Gasteiger partial charge in [0.25, 0.3) is 0 Å². The zero-order chi connectivity index (χ0) is 21.2. The molecule has 164 valence electrons. The highest BCUT2D eigenvalue weighted by Crippen LogP contribution is 2.33. The van der Waals surface area contributed by atoms with Crippen molar-refractivity contribution in [1.29, 1.82) is 0 Å². The lowest BCUT2D eigenvalue weighted by atomic mass is 9.78. The van der Waals surface area contributed by atoms with Crippen LogP contribution in [0, 0.1) is 17.7 Å². The van der Waals surface area contributed by atoms with Gasteiger partial charge in [-0.1, -0.05) is 83.8 Å². The standard InChI is InChI=1S/C27H39FN2/c1-3-5-6-7-8-9-25-18-19-27(30-29-25)24-17-16-23(26(28)20-24)15-14-22-12-10-21(4-2)11-13-22/h16-22H,3-15H2,1-2H3. The second-order valence-electron chi connectivity index (χ2n) is 9.21. The number of benzene rings is 1. The van der Waals surface area contributed by atoms with Gasteiger partial charge >= 0.3 is 0 Å². The molecule has 2 nitrogen and oxygen atoms in total. The van der Waals surface area contributed by atoms with E-state index in [1.807, 2.05) is 24.3 Å². The topological polar surface area (TPSA) is 25.8 Å². The smallest absolute Gasteiger partial charge is 0.127 e. The fourth-order valence-corrected chi connectivity index (χ4v) is 4.75. The fourth-order valence-electron chi connectivity index (χ4n) is 4.75. The summed E-state index contributed by atoms with van der Waals surface area (Å²) in [6, 6.07) is 9.61. The number of rotatable bonds is 11. The van der Waals surface area contributed by atoms with Gasteiger partial charge in [0, 0.05) is 5.56 Å². The Morgan fingerprint density at radius 2 is 1.60 bits per heavy atom. The molecule has 0 saturated heterocycles. The van der Waals surface area contributed by atoms with Gasteiger partial charge in [-0.15, -0.1) is 0 Å². The molecule has 3 heteroatoms. The molecular weight excluding hydrogens is 371 g/mol. The fraction of sp³-hybridized carbons (Fsp3) is 0.630. The van der Waals surface area contributed by atoms with Crippen LogP contribution in [0.25, 0.3) is 11.3 Å². The monoisotopic (exact) mass is 410 g/mol. The molecule has 1 saturated carbocycles. The van der Waals surface area contributed by atoms with Crippen molar-refractivity contribution in [2.45, 2.75) is 97.3 Å². The normalized spacial score (nSPS) is 19.2. The van der Waals surface area contributed by atoms with E-state index in [1.54, 1.807) is 6.07 Å². The molecule has 1 heterocycles. The molecule has 0 N–H and O–H groups in total. The molecule has 1 aliphatic carbocycles. The van der Waals surface area contributed by atoms with Gasteiger partial charge in [0.05, 0.1) is 11.4 Å². The van der Waals surface area contributed by atoms with E-state index in [-0.39, 0.29) is 5.82 Å². The Kier molecular flexibility index (Phi) is 9.29. The van der Waals surface area contributed by atoms with Crippen molar-refractivity contribution in [3.05, 3.63) is 47.4 Å². The van der Waals surface area contributed by atoms with Gasteiger partial charge in [-0.05, 0) is 61.3 Å². The first-order valence-electron chi connectivity index (χ1n) is 12.3. The van der Waals surface area contributed by atoms with Crippen LogP contribution in [0.2, 0.25) is 0 Å². The van der Waals surface area contributed by atoms with Crippen molar-refractivity contribution in [2.24, 2.45) is 11.8 Å². The van der Waals surface area contributed by atoms with Gasteiger partial charge in [0.1, 0.15) is 5.82 Å². The van der Waals surface area contributed by atoms with Crippen LogP contribution in [0.15, 0.2) is 30.3 Å². The zero-order valence-corrected chi connectivity index (χ0v) is 19.0. The van der Waals surface area contributed by atoms with E-state index >= 15 is 0 Å². The van der Waals surface area contributed by atoms with Crippen LogP contribution < -0.4 is 0 Å². The third-order valence-corrected chi connectivity index (χ3v) is 6.97. The van der Waals surface area contributed by atoms with Crippen molar-refractivity contribution < 1.29 is 4.39 Å². The second-order valence-corrected chi connectivity index (χ2v) is 9.21. The number of aromatic nitrogens is 2. The number of aryl methyl sites for hydroxylation is 2. The van der Waals surface area contributed by atoms with Crippen molar-refractivity contribution in [3.8, 4) is 11.3 Å². The average Bonchev–Trinajstić information content (AvgIpc) is 2.79. The maximum Gasteiger partial charge on any atom is 0.127 e. The van der Waals surface area contributed by atoms with Crippen LogP contribution in [0.3, 0.4) is 0 Å². The number of hydrogen-bond acceptors (Lipinski definition) is 2. The molecule has 3 rings (SSSR count). The Labute approximate surface area is 182 Å². The van der Waals surface area contributed by atoms with Gasteiger partial charge in [0.15, 0.2) is 0 Å². The van der Waals surface area contributed by atoms with E-state index in [2.05, 4.69) is 24.0 Å². The van der Waals surface area contributed by atoms with Gasteiger partial charge in [-0.2, -0.15) is 10.2 Å². The summed E-state index contributed by atoms with van der Waals surface area (Å²) in [5.74, 6) is 1.59. The highest BCUT2D eigenvalue weighted by atomic mass is 19.1. The highest BCUT2D eigenvalue weighted by Gasteiger charge is 2.20. The second kappa shape index (κ2) is 12.2. The summed E-state index contributed by atoms with van der Waals surface area (Å²) < 4.78 is 14.7. The van der Waals surface area contributed by atoms with E-state index in [4.69, 9.17) is 0 Å². The van der Waals surface area contributed by atoms with E-state index in [0.29, 0.717) is 0 Å². The molecule has 1 aromatic carbocycles. The Hall–Kier alpha value is -1.77. The Bertz CT molecular complexity index is 748. The highest BCUT2D eigenvalue weighted by molar-refractivity contribution is 5.59. The first-order chi connectivity index (χ1) is 14.7. The van der Waals surface area contributed by atoms with E-state index in [0.717, 1.165) is 60.0 Å². The minimum atomic E-state index is -0.100. The van der Waals surface area contributed by atoms with Crippen molar-refractivity contribution >= 4 is 0 Å². The summed E-state index contributed by atoms with van der Waals surface area (Å²) in [6.45, 7) is 4.53. The van der Waals surface area contributed by atoms with E-state index in [1.165, 1.54) is 57.8 Å². The molecule has 0 bridgehead atoms. The Morgan fingerprint density at radius 1 is 0.833 bits per heavy atom. The molecule has 0 radical (unpaired) electrons. The van der Waals surface area contributed by atoms with E-state index in [9.17, 15) is 4.39 Å². The summed E-state index contributed by atoms with van der Waals surface area (Å²) in [6.07, 6.45) is 15.9. The molecule has 0 amide bonds. The lowest BCUT2D eigenvalue weighted by molar-refractivity contribution is 0.258. The van der Waals surface area contributed by atoms with Crippen LogP contribution in [0.1, 0.15) is 95.7 Å². The molecule has 0 aliphatic heterocycles. The van der Waals surface area contributed by atoms with Crippen LogP contribution in [-0.2, 0) is 12.8 Å². The van der Waals surface area contributed by atoms with E-state index < -0.39 is 0 Å². The zero-order valence-electron chi connectivity index (χ0n) is 19.0. The maximum atomic E-state index is 14.7. The van der Waals surface area contributed by atoms with Crippen LogP contribution >= 0.6 is 0 Å². The summed E-state index contributed by atoms with van der Waals surface area (Å²) in [7, 11) is 0. The molecule has 0 atom stereocenters. The molecule has 1 fully saturated rings. The number of unbranched alkanes of at least 4 members (excludes halogenated alkanes) is 4. The third kappa shape index (κ3) is 6.89. The summed E-state index contributed by atoms with van der Waals surface area (Å²) in [4.78, 5) is 0. The largest absolute Gasteiger partial charge is 0.207 e. The van der Waals surface area contributed by atoms with Gasteiger partial charge in [-0.25, -0.2) is 4.39 Å². The molecule has 30 heavy (non-hydrogen) atoms. The Balaban J connectivity index is 1.49. The SMILES string of the molecule is CCCCCCCc1ccc(-c2ccc(CCC3CCC(CC)CC3)c(F)c2)nn1. The van der Waals surface area contributed by atoms with Gasteiger partial charge in [-0.3, -0.25) is 0 Å². The average molecular weight is 411 g/mol. The number of nitrogens with zero attached hydrogens (tertiary/aromatic N) is 2. The maximum absolute atomic E-state index is 14.7. The molecular formula is C27H39FN2. The van der Waals surface area contributed by atoms with Crippen LogP contribution in [-0.4, -0.2) is 10.2 Å². The molecule has 0 unspecified atom stereocenters. The first-order valence-corrected chi connectivity index (χ1v) is 12.3. The van der Waals surface area contributed by atoms with Crippen molar-refractivity contribution in [2.75, 3.05) is 0 Å². The molecule has 1 aliphatic rings. The quantitative estimate of drug-likeness (QED) is 0.351. The summed E-state index contributed by atoms with van der Waals surface area (Å²) in [5.41, 5.74) is 3.45. The predicted octanol–water partition coefficient (Wildman–Crippen LogP) is 7.94. The summed E-state index contributed by atoms with van der Waals surface area (Å²) >= 11 is 0. The molecule has 1 aromatic heterocycles. The minimum absolute atomic E-state index is 0.100. The molecule has 0 spiro atoms. The number of halogens is 1. The first kappa shape index (κ1) is 22.9. The lowest BCUT2D eigenvalue weighted by Gasteiger charge is -2.27. The van der Waals surface area contributed by atoms with Gasteiger partial charge in [0.2, 0.25) is 0 Å². The molecule has 2 aromatic rings.